The van der Waals surface area contributed by atoms with Crippen LogP contribution in [0.25, 0.3) is 0 Å². The van der Waals surface area contributed by atoms with Crippen molar-refractivity contribution in [1.82, 2.24) is 0 Å². The van der Waals surface area contributed by atoms with Gasteiger partial charge in [0.1, 0.15) is 0 Å². The molecule has 2 fully saturated rings. The Morgan fingerprint density at radius 2 is 1.80 bits per heavy atom. The molecule has 0 spiro atoms. The van der Waals surface area contributed by atoms with Gasteiger partial charge in [-0.05, 0) is 37.2 Å². The lowest BCUT2D eigenvalue weighted by Crippen LogP contribution is -2.53. The molecule has 1 aliphatic heterocycles. The average molecular weight is 273 g/mol. The zero-order valence-corrected chi connectivity index (χ0v) is 12.4. The van der Waals surface area contributed by atoms with Gasteiger partial charge < -0.3 is 10.5 Å². The van der Waals surface area contributed by atoms with Gasteiger partial charge in [-0.15, -0.1) is 0 Å². The van der Waals surface area contributed by atoms with E-state index in [1.165, 1.54) is 50.5 Å². The molecule has 2 unspecified atom stereocenters. The first-order chi connectivity index (χ1) is 9.83. The number of rotatable bonds is 3. The molecule has 0 amide bonds. The van der Waals surface area contributed by atoms with E-state index in [9.17, 15) is 0 Å². The summed E-state index contributed by atoms with van der Waals surface area (Å²) in [6, 6.07) is 11.2. The fourth-order valence-electron chi connectivity index (χ4n) is 4.27. The second kappa shape index (κ2) is 6.28. The largest absolute Gasteiger partial charge is 0.381 e. The van der Waals surface area contributed by atoms with E-state index >= 15 is 0 Å². The molecule has 2 heteroatoms. The van der Waals surface area contributed by atoms with Crippen LogP contribution in [0.15, 0.2) is 30.3 Å². The second-order valence-electron chi connectivity index (χ2n) is 6.59. The minimum Gasteiger partial charge on any atom is -0.381 e. The second-order valence-corrected chi connectivity index (χ2v) is 6.59. The number of benzene rings is 1. The molecular formula is C18H27NO. The highest BCUT2D eigenvalue weighted by Crippen LogP contribution is 2.44. The van der Waals surface area contributed by atoms with E-state index in [-0.39, 0.29) is 11.5 Å². The fourth-order valence-corrected chi connectivity index (χ4v) is 4.27. The van der Waals surface area contributed by atoms with E-state index in [1.54, 1.807) is 0 Å². The van der Waals surface area contributed by atoms with Crippen molar-refractivity contribution in [2.45, 2.75) is 56.4 Å². The van der Waals surface area contributed by atoms with Gasteiger partial charge in [0.25, 0.3) is 0 Å². The molecule has 1 aromatic rings. The maximum atomic E-state index is 6.81. The third kappa shape index (κ3) is 2.64. The minimum absolute atomic E-state index is 0.185. The molecule has 1 aromatic carbocycles. The summed E-state index contributed by atoms with van der Waals surface area (Å²) in [4.78, 5) is 0. The molecule has 2 aliphatic rings. The SMILES string of the molecule is NC(C1CCCOC1)C1(c2ccccc2)CCCCC1. The molecule has 0 bridgehead atoms. The van der Waals surface area contributed by atoms with E-state index in [1.807, 2.05) is 0 Å². The first-order valence-electron chi connectivity index (χ1n) is 8.22. The highest BCUT2D eigenvalue weighted by atomic mass is 16.5. The van der Waals surface area contributed by atoms with E-state index in [0.29, 0.717) is 5.92 Å². The van der Waals surface area contributed by atoms with Crippen LogP contribution in [0, 0.1) is 5.92 Å². The highest BCUT2D eigenvalue weighted by Gasteiger charge is 2.43. The standard InChI is InChI=1S/C18H27NO/c19-17(15-8-7-13-20-14-15)18(11-5-2-6-12-18)16-9-3-1-4-10-16/h1,3-4,9-10,15,17H,2,5-8,11-14,19H2. The Balaban J connectivity index is 1.88. The first-order valence-corrected chi connectivity index (χ1v) is 8.22. The van der Waals surface area contributed by atoms with Crippen molar-refractivity contribution in [3.05, 3.63) is 35.9 Å². The summed E-state index contributed by atoms with van der Waals surface area (Å²) in [5.74, 6) is 0.530. The summed E-state index contributed by atoms with van der Waals surface area (Å²) in [5, 5.41) is 0. The fraction of sp³-hybridized carbons (Fsp3) is 0.667. The van der Waals surface area contributed by atoms with Gasteiger partial charge in [0.05, 0.1) is 6.61 Å². The molecular weight excluding hydrogens is 246 g/mol. The van der Waals surface area contributed by atoms with Crippen molar-refractivity contribution in [3.8, 4) is 0 Å². The molecule has 2 N–H and O–H groups in total. The van der Waals surface area contributed by atoms with Crippen molar-refractivity contribution >= 4 is 0 Å². The Labute approximate surface area is 122 Å². The van der Waals surface area contributed by atoms with Gasteiger partial charge in [0, 0.05) is 18.1 Å². The summed E-state index contributed by atoms with van der Waals surface area (Å²) in [5.41, 5.74) is 8.45. The van der Waals surface area contributed by atoms with Gasteiger partial charge >= 0.3 is 0 Å². The third-order valence-corrected chi connectivity index (χ3v) is 5.44. The summed E-state index contributed by atoms with van der Waals surface area (Å²) in [6.45, 7) is 1.78. The average Bonchev–Trinajstić information content (AvgIpc) is 2.56. The lowest BCUT2D eigenvalue weighted by molar-refractivity contribution is 0.0259. The summed E-state index contributed by atoms with van der Waals surface area (Å²) >= 11 is 0. The van der Waals surface area contributed by atoms with Crippen LogP contribution in [0.4, 0.5) is 0 Å². The zero-order valence-electron chi connectivity index (χ0n) is 12.4. The normalized spacial score (nSPS) is 27.9. The molecule has 1 saturated carbocycles. The van der Waals surface area contributed by atoms with Gasteiger partial charge in [-0.3, -0.25) is 0 Å². The maximum Gasteiger partial charge on any atom is 0.0509 e. The topological polar surface area (TPSA) is 35.2 Å². The summed E-state index contributed by atoms with van der Waals surface area (Å²) in [6.07, 6.45) is 8.89. The van der Waals surface area contributed by atoms with Crippen molar-refractivity contribution < 1.29 is 4.74 Å². The number of hydrogen-bond acceptors (Lipinski definition) is 2. The van der Waals surface area contributed by atoms with Crippen LogP contribution in [0.5, 0.6) is 0 Å². The molecule has 20 heavy (non-hydrogen) atoms. The van der Waals surface area contributed by atoms with Gasteiger partial charge in [0.2, 0.25) is 0 Å². The predicted octanol–water partition coefficient (Wildman–Crippen LogP) is 3.64. The Morgan fingerprint density at radius 1 is 1.05 bits per heavy atom. The minimum atomic E-state index is 0.185. The van der Waals surface area contributed by atoms with Crippen molar-refractivity contribution in [2.24, 2.45) is 11.7 Å². The number of ether oxygens (including phenoxy) is 1. The summed E-state index contributed by atoms with van der Waals surface area (Å²) < 4.78 is 5.69. The van der Waals surface area contributed by atoms with E-state index < -0.39 is 0 Å². The highest BCUT2D eigenvalue weighted by molar-refractivity contribution is 5.29. The maximum absolute atomic E-state index is 6.81. The predicted molar refractivity (Wildman–Crippen MR) is 82.7 cm³/mol. The molecule has 0 aromatic heterocycles. The third-order valence-electron chi connectivity index (χ3n) is 5.44. The molecule has 1 heterocycles. The van der Waals surface area contributed by atoms with Crippen LogP contribution in [0.1, 0.15) is 50.5 Å². The Morgan fingerprint density at radius 3 is 2.45 bits per heavy atom. The zero-order chi connectivity index (χ0) is 13.8. The van der Waals surface area contributed by atoms with Crippen LogP contribution in [0.3, 0.4) is 0 Å². The molecule has 1 aliphatic carbocycles. The number of hydrogen-bond donors (Lipinski definition) is 1. The van der Waals surface area contributed by atoms with Crippen molar-refractivity contribution in [1.29, 1.82) is 0 Å². The monoisotopic (exact) mass is 273 g/mol. The Hall–Kier alpha value is -0.860. The molecule has 3 rings (SSSR count). The van der Waals surface area contributed by atoms with Gasteiger partial charge in [-0.1, -0.05) is 49.6 Å². The smallest absolute Gasteiger partial charge is 0.0509 e. The Bertz CT molecular complexity index is 405. The first kappa shape index (κ1) is 14.1. The van der Waals surface area contributed by atoms with Crippen LogP contribution in [-0.2, 0) is 10.2 Å². The van der Waals surface area contributed by atoms with E-state index in [0.717, 1.165) is 13.2 Å². The number of nitrogens with two attached hydrogens (primary N) is 1. The van der Waals surface area contributed by atoms with Crippen molar-refractivity contribution in [3.63, 3.8) is 0 Å². The van der Waals surface area contributed by atoms with Gasteiger partial charge in [0.15, 0.2) is 0 Å². The van der Waals surface area contributed by atoms with Crippen molar-refractivity contribution in [2.75, 3.05) is 13.2 Å². The van der Waals surface area contributed by atoms with Gasteiger partial charge in [-0.25, -0.2) is 0 Å². The van der Waals surface area contributed by atoms with E-state index in [2.05, 4.69) is 30.3 Å². The molecule has 1 saturated heterocycles. The molecule has 110 valence electrons. The van der Waals surface area contributed by atoms with Gasteiger partial charge in [-0.2, -0.15) is 0 Å². The molecule has 2 atom stereocenters. The lowest BCUT2D eigenvalue weighted by Gasteiger charge is -2.46. The summed E-state index contributed by atoms with van der Waals surface area (Å²) in [7, 11) is 0. The quantitative estimate of drug-likeness (QED) is 0.912. The van der Waals surface area contributed by atoms with Crippen LogP contribution < -0.4 is 5.73 Å². The lowest BCUT2D eigenvalue weighted by atomic mass is 9.61. The van der Waals surface area contributed by atoms with E-state index in [4.69, 9.17) is 10.5 Å². The Kier molecular flexibility index (Phi) is 4.42. The molecule has 0 radical (unpaired) electrons. The van der Waals surface area contributed by atoms with Crippen LogP contribution in [-0.4, -0.2) is 19.3 Å². The van der Waals surface area contributed by atoms with Crippen LogP contribution >= 0.6 is 0 Å². The molecule has 2 nitrogen and oxygen atoms in total. The van der Waals surface area contributed by atoms with Crippen LogP contribution in [0.2, 0.25) is 0 Å².